The molecule has 1 aliphatic carbocycles. The van der Waals surface area contributed by atoms with Gasteiger partial charge in [0.05, 0.1) is 0 Å². The molecular formula is C11H19N3S. The zero-order valence-electron chi connectivity index (χ0n) is 9.55. The first kappa shape index (κ1) is 10.9. The molecule has 0 unspecified atom stereocenters. The van der Waals surface area contributed by atoms with Gasteiger partial charge in [0.1, 0.15) is 5.82 Å². The molecule has 0 radical (unpaired) electrons. The molecule has 0 spiro atoms. The first-order valence-electron chi connectivity index (χ1n) is 5.79. The summed E-state index contributed by atoms with van der Waals surface area (Å²) in [4.78, 5) is 0. The maximum absolute atomic E-state index is 5.27. The van der Waals surface area contributed by atoms with E-state index in [2.05, 4.69) is 28.6 Å². The number of rotatable bonds is 3. The second-order valence-corrected chi connectivity index (χ2v) is 5.29. The van der Waals surface area contributed by atoms with Crippen molar-refractivity contribution < 1.29 is 0 Å². The summed E-state index contributed by atoms with van der Waals surface area (Å²) < 4.78 is 2.96. The average Bonchev–Trinajstić information content (AvgIpc) is 2.76. The third kappa shape index (κ3) is 2.14. The molecule has 0 atom stereocenters. The standard InChI is InChI=1S/C11H19N3S/c1-3-9-12-13-10(15)14(9)8-11(2)6-4-5-7-11/h3-8H2,1-2H3,(H,13,15). The van der Waals surface area contributed by atoms with Gasteiger partial charge in [0.15, 0.2) is 4.77 Å². The van der Waals surface area contributed by atoms with E-state index in [4.69, 9.17) is 12.2 Å². The van der Waals surface area contributed by atoms with E-state index in [-0.39, 0.29) is 0 Å². The zero-order valence-corrected chi connectivity index (χ0v) is 10.4. The molecule has 4 heteroatoms. The molecule has 84 valence electrons. The van der Waals surface area contributed by atoms with Crippen LogP contribution in [0, 0.1) is 10.2 Å². The van der Waals surface area contributed by atoms with Crippen LogP contribution in [0.25, 0.3) is 0 Å². The largest absolute Gasteiger partial charge is 0.304 e. The normalized spacial score (nSPS) is 19.6. The van der Waals surface area contributed by atoms with Gasteiger partial charge in [-0.1, -0.05) is 26.7 Å². The molecule has 0 bridgehead atoms. The Morgan fingerprint density at radius 1 is 1.47 bits per heavy atom. The maximum atomic E-state index is 5.27. The molecule has 0 amide bonds. The van der Waals surface area contributed by atoms with Crippen LogP contribution in [0.3, 0.4) is 0 Å². The number of hydrogen-bond acceptors (Lipinski definition) is 2. The van der Waals surface area contributed by atoms with Gasteiger partial charge < -0.3 is 4.57 Å². The third-order valence-electron chi connectivity index (χ3n) is 3.50. The van der Waals surface area contributed by atoms with E-state index in [1.165, 1.54) is 25.7 Å². The lowest BCUT2D eigenvalue weighted by molar-refractivity contribution is 0.276. The molecular weight excluding hydrogens is 206 g/mol. The van der Waals surface area contributed by atoms with Gasteiger partial charge in [-0.05, 0) is 30.5 Å². The summed E-state index contributed by atoms with van der Waals surface area (Å²) in [7, 11) is 0. The smallest absolute Gasteiger partial charge is 0.195 e. The summed E-state index contributed by atoms with van der Waals surface area (Å²) in [6.07, 6.45) is 6.32. The van der Waals surface area contributed by atoms with Crippen LogP contribution < -0.4 is 0 Å². The molecule has 0 aliphatic heterocycles. The number of hydrogen-bond donors (Lipinski definition) is 1. The number of aryl methyl sites for hydroxylation is 1. The van der Waals surface area contributed by atoms with Crippen LogP contribution >= 0.6 is 12.2 Å². The second kappa shape index (κ2) is 4.08. The number of aromatic amines is 1. The predicted molar refractivity (Wildman–Crippen MR) is 63.4 cm³/mol. The van der Waals surface area contributed by atoms with Crippen molar-refractivity contribution in [2.75, 3.05) is 0 Å². The Hall–Kier alpha value is -0.640. The fourth-order valence-corrected chi connectivity index (χ4v) is 2.77. The fourth-order valence-electron chi connectivity index (χ4n) is 2.55. The van der Waals surface area contributed by atoms with Crippen LogP contribution in [0.4, 0.5) is 0 Å². The minimum absolute atomic E-state index is 0.437. The molecule has 1 aromatic rings. The Morgan fingerprint density at radius 3 is 2.73 bits per heavy atom. The average molecular weight is 225 g/mol. The molecule has 0 saturated heterocycles. The van der Waals surface area contributed by atoms with E-state index in [0.717, 1.165) is 23.6 Å². The Kier molecular flexibility index (Phi) is 2.96. The van der Waals surface area contributed by atoms with Crippen LogP contribution in [-0.2, 0) is 13.0 Å². The Bertz CT molecular complexity index is 385. The van der Waals surface area contributed by atoms with Gasteiger partial charge in [-0.2, -0.15) is 5.10 Å². The highest BCUT2D eigenvalue weighted by Gasteiger charge is 2.29. The number of H-pyrrole nitrogens is 1. The van der Waals surface area contributed by atoms with Crippen LogP contribution in [0.1, 0.15) is 45.4 Å². The van der Waals surface area contributed by atoms with Crippen molar-refractivity contribution in [3.05, 3.63) is 10.6 Å². The van der Waals surface area contributed by atoms with Gasteiger partial charge in [-0.15, -0.1) is 0 Å². The molecule has 15 heavy (non-hydrogen) atoms. The van der Waals surface area contributed by atoms with Crippen LogP contribution in [0.15, 0.2) is 0 Å². The summed E-state index contributed by atoms with van der Waals surface area (Å²) in [5, 5.41) is 7.15. The lowest BCUT2D eigenvalue weighted by Gasteiger charge is -2.24. The SMILES string of the molecule is CCc1n[nH]c(=S)n1CC1(C)CCCC1. The van der Waals surface area contributed by atoms with E-state index in [0.29, 0.717) is 5.41 Å². The van der Waals surface area contributed by atoms with Crippen LogP contribution in [-0.4, -0.2) is 14.8 Å². The Morgan fingerprint density at radius 2 is 2.13 bits per heavy atom. The Balaban J connectivity index is 2.22. The van der Waals surface area contributed by atoms with Crippen LogP contribution in [0.5, 0.6) is 0 Å². The minimum atomic E-state index is 0.437. The van der Waals surface area contributed by atoms with Gasteiger partial charge in [-0.25, -0.2) is 0 Å². The summed E-state index contributed by atoms with van der Waals surface area (Å²) in [5.41, 5.74) is 0.437. The maximum Gasteiger partial charge on any atom is 0.195 e. The molecule has 1 saturated carbocycles. The second-order valence-electron chi connectivity index (χ2n) is 4.90. The first-order valence-corrected chi connectivity index (χ1v) is 6.19. The van der Waals surface area contributed by atoms with Crippen molar-refractivity contribution >= 4 is 12.2 Å². The molecule has 3 nitrogen and oxygen atoms in total. The van der Waals surface area contributed by atoms with Crippen molar-refractivity contribution in [1.29, 1.82) is 0 Å². The quantitative estimate of drug-likeness (QED) is 0.802. The van der Waals surface area contributed by atoms with E-state index in [1.807, 2.05) is 0 Å². The minimum Gasteiger partial charge on any atom is -0.304 e. The number of nitrogens with one attached hydrogen (secondary N) is 1. The molecule has 1 heterocycles. The van der Waals surface area contributed by atoms with E-state index in [1.54, 1.807) is 0 Å². The van der Waals surface area contributed by atoms with Crippen molar-refractivity contribution in [2.45, 2.75) is 52.5 Å². The highest BCUT2D eigenvalue weighted by molar-refractivity contribution is 7.71. The number of nitrogens with zero attached hydrogens (tertiary/aromatic N) is 2. The Labute approximate surface area is 95.9 Å². The summed E-state index contributed by atoms with van der Waals surface area (Å²) in [6.45, 7) is 5.53. The molecule has 1 fully saturated rings. The van der Waals surface area contributed by atoms with Crippen LogP contribution in [0.2, 0.25) is 0 Å². The molecule has 0 aromatic carbocycles. The molecule has 2 rings (SSSR count). The summed E-state index contributed by atoms with van der Waals surface area (Å²) in [5.74, 6) is 1.09. The van der Waals surface area contributed by atoms with Gasteiger partial charge in [0.25, 0.3) is 0 Å². The van der Waals surface area contributed by atoms with Crippen molar-refractivity contribution in [3.8, 4) is 0 Å². The first-order chi connectivity index (χ1) is 7.14. The van der Waals surface area contributed by atoms with Gasteiger partial charge in [0.2, 0.25) is 0 Å². The predicted octanol–water partition coefficient (Wildman–Crippen LogP) is 3.08. The van der Waals surface area contributed by atoms with Gasteiger partial charge in [0, 0.05) is 13.0 Å². The third-order valence-corrected chi connectivity index (χ3v) is 3.82. The molecule has 1 N–H and O–H groups in total. The van der Waals surface area contributed by atoms with Gasteiger partial charge in [-0.3, -0.25) is 5.10 Å². The highest BCUT2D eigenvalue weighted by atomic mass is 32.1. The summed E-state index contributed by atoms with van der Waals surface area (Å²) in [6, 6.07) is 0. The summed E-state index contributed by atoms with van der Waals surface area (Å²) >= 11 is 5.27. The lowest BCUT2D eigenvalue weighted by Crippen LogP contribution is -2.21. The topological polar surface area (TPSA) is 33.6 Å². The van der Waals surface area contributed by atoms with Gasteiger partial charge >= 0.3 is 0 Å². The monoisotopic (exact) mass is 225 g/mol. The molecule has 1 aromatic heterocycles. The zero-order chi connectivity index (χ0) is 10.9. The van der Waals surface area contributed by atoms with E-state index in [9.17, 15) is 0 Å². The number of aromatic nitrogens is 3. The van der Waals surface area contributed by atoms with Crippen molar-refractivity contribution in [1.82, 2.24) is 14.8 Å². The highest BCUT2D eigenvalue weighted by Crippen LogP contribution is 2.39. The van der Waals surface area contributed by atoms with Crippen molar-refractivity contribution in [2.24, 2.45) is 5.41 Å². The van der Waals surface area contributed by atoms with E-state index < -0.39 is 0 Å². The fraction of sp³-hybridized carbons (Fsp3) is 0.818. The van der Waals surface area contributed by atoms with Crippen molar-refractivity contribution in [3.63, 3.8) is 0 Å². The van der Waals surface area contributed by atoms with E-state index >= 15 is 0 Å². The molecule has 1 aliphatic rings. The lowest BCUT2D eigenvalue weighted by atomic mass is 9.89.